The van der Waals surface area contributed by atoms with Crippen LogP contribution in [0.2, 0.25) is 0 Å². The van der Waals surface area contributed by atoms with Gasteiger partial charge in [0.25, 0.3) is 0 Å². The van der Waals surface area contributed by atoms with Crippen LogP contribution in [0.25, 0.3) is 0 Å². The molecule has 0 aromatic carbocycles. The summed E-state index contributed by atoms with van der Waals surface area (Å²) in [7, 11) is 3.74. The highest BCUT2D eigenvalue weighted by molar-refractivity contribution is 14.0. The van der Waals surface area contributed by atoms with Crippen LogP contribution in [0.5, 0.6) is 0 Å². The fourth-order valence-electron chi connectivity index (χ4n) is 2.75. The predicted molar refractivity (Wildman–Crippen MR) is 107 cm³/mol. The fourth-order valence-corrected chi connectivity index (χ4v) is 2.75. The Bertz CT molecular complexity index is 499. The van der Waals surface area contributed by atoms with Crippen LogP contribution in [0.3, 0.4) is 0 Å². The highest BCUT2D eigenvalue weighted by atomic mass is 127. The van der Waals surface area contributed by atoms with Crippen LogP contribution in [-0.4, -0.2) is 47.0 Å². The first kappa shape index (κ1) is 21.1. The van der Waals surface area contributed by atoms with Gasteiger partial charge in [-0.3, -0.25) is 4.99 Å². The van der Waals surface area contributed by atoms with Gasteiger partial charge in [-0.1, -0.05) is 19.3 Å². The van der Waals surface area contributed by atoms with Gasteiger partial charge in [-0.25, -0.2) is 0 Å². The highest BCUT2D eigenvalue weighted by Gasteiger charge is 2.13. The van der Waals surface area contributed by atoms with Gasteiger partial charge < -0.3 is 19.9 Å². The number of nitrogens with one attached hydrogen (secondary N) is 2. The van der Waals surface area contributed by atoms with Gasteiger partial charge in [-0.15, -0.1) is 34.2 Å². The number of hydrogen-bond donors (Lipinski definition) is 2. The molecule has 0 bridgehead atoms. The summed E-state index contributed by atoms with van der Waals surface area (Å²) in [5, 5.41) is 14.7. The van der Waals surface area contributed by atoms with E-state index in [2.05, 4.69) is 25.8 Å². The second kappa shape index (κ2) is 11.6. The van der Waals surface area contributed by atoms with Gasteiger partial charge in [0.1, 0.15) is 5.82 Å². The summed E-state index contributed by atoms with van der Waals surface area (Å²) in [4.78, 5) is 4.22. The molecule has 1 fully saturated rings. The molecule has 1 aromatic rings. The number of nitrogens with zero attached hydrogens (tertiary/aromatic N) is 4. The summed E-state index contributed by atoms with van der Waals surface area (Å²) in [5.74, 6) is 2.58. The van der Waals surface area contributed by atoms with E-state index in [0.29, 0.717) is 12.6 Å². The summed E-state index contributed by atoms with van der Waals surface area (Å²) in [6.45, 7) is 4.22. The van der Waals surface area contributed by atoms with Crippen molar-refractivity contribution in [3.63, 3.8) is 0 Å². The van der Waals surface area contributed by atoms with E-state index in [1.165, 1.54) is 32.1 Å². The Morgan fingerprint density at radius 2 is 2.00 bits per heavy atom. The van der Waals surface area contributed by atoms with Crippen molar-refractivity contribution in [2.45, 2.75) is 58.1 Å². The molecule has 2 N–H and O–H groups in total. The van der Waals surface area contributed by atoms with Crippen LogP contribution < -0.4 is 10.6 Å². The Morgan fingerprint density at radius 3 is 2.62 bits per heavy atom. The first-order chi connectivity index (χ1) is 11.2. The minimum absolute atomic E-state index is 0. The van der Waals surface area contributed by atoms with E-state index in [0.717, 1.165) is 37.2 Å². The number of rotatable bonds is 7. The number of aryl methyl sites for hydroxylation is 1. The predicted octanol–water partition coefficient (Wildman–Crippen LogP) is 2.15. The summed E-state index contributed by atoms with van der Waals surface area (Å²) in [6, 6.07) is 0. The topological polar surface area (TPSA) is 76.4 Å². The molecule has 7 nitrogen and oxygen atoms in total. The molecule has 0 atom stereocenters. The van der Waals surface area contributed by atoms with Crippen molar-refractivity contribution < 1.29 is 4.74 Å². The van der Waals surface area contributed by atoms with Crippen LogP contribution in [-0.2, 0) is 18.3 Å². The zero-order valence-corrected chi connectivity index (χ0v) is 17.4. The van der Waals surface area contributed by atoms with E-state index in [1.807, 2.05) is 18.5 Å². The van der Waals surface area contributed by atoms with E-state index in [-0.39, 0.29) is 24.0 Å². The van der Waals surface area contributed by atoms with E-state index >= 15 is 0 Å². The lowest BCUT2D eigenvalue weighted by Gasteiger charge is -2.22. The Balaban J connectivity index is 0.00000288. The standard InChI is InChI=1S/C16H30N6O.HI/c1-13-20-21-15(22(13)3)12-19-16(17-2)18-10-7-11-23-14-8-5-4-6-9-14;/h14H,4-12H2,1-3H3,(H2,17,18,19);1H. The Morgan fingerprint density at radius 1 is 1.25 bits per heavy atom. The van der Waals surface area contributed by atoms with Crippen LogP contribution in [0, 0.1) is 6.92 Å². The van der Waals surface area contributed by atoms with Crippen LogP contribution in [0.1, 0.15) is 50.2 Å². The molecular weight excluding hydrogens is 419 g/mol. The molecule has 1 heterocycles. The molecule has 8 heteroatoms. The molecular formula is C16H31IN6O. The van der Waals surface area contributed by atoms with Gasteiger partial charge in [0.05, 0.1) is 12.6 Å². The molecule has 0 radical (unpaired) electrons. The molecule has 0 spiro atoms. The maximum absolute atomic E-state index is 5.92. The van der Waals surface area contributed by atoms with Gasteiger partial charge in [-0.05, 0) is 26.2 Å². The minimum Gasteiger partial charge on any atom is -0.378 e. The molecule has 0 saturated heterocycles. The van der Waals surface area contributed by atoms with Crippen molar-refractivity contribution in [2.24, 2.45) is 12.0 Å². The molecule has 1 aliphatic carbocycles. The van der Waals surface area contributed by atoms with E-state index < -0.39 is 0 Å². The maximum atomic E-state index is 5.92. The molecule has 0 amide bonds. The molecule has 2 rings (SSSR count). The molecule has 1 aromatic heterocycles. The second-order valence-electron chi connectivity index (χ2n) is 6.06. The molecule has 24 heavy (non-hydrogen) atoms. The fraction of sp³-hybridized carbons (Fsp3) is 0.812. The number of ether oxygens (including phenoxy) is 1. The van der Waals surface area contributed by atoms with Crippen molar-refractivity contribution in [1.82, 2.24) is 25.4 Å². The molecule has 1 aliphatic rings. The Labute approximate surface area is 162 Å². The monoisotopic (exact) mass is 450 g/mol. The average molecular weight is 450 g/mol. The van der Waals surface area contributed by atoms with E-state index in [4.69, 9.17) is 4.74 Å². The third-order valence-corrected chi connectivity index (χ3v) is 4.34. The van der Waals surface area contributed by atoms with Crippen LogP contribution in [0.15, 0.2) is 4.99 Å². The minimum atomic E-state index is 0. The van der Waals surface area contributed by atoms with Crippen molar-refractivity contribution >= 4 is 29.9 Å². The van der Waals surface area contributed by atoms with Gasteiger partial charge in [0.2, 0.25) is 0 Å². The largest absolute Gasteiger partial charge is 0.378 e. The average Bonchev–Trinajstić information content (AvgIpc) is 2.90. The summed E-state index contributed by atoms with van der Waals surface area (Å²) in [6.07, 6.45) is 7.94. The number of aromatic nitrogens is 3. The molecule has 0 aliphatic heterocycles. The lowest BCUT2D eigenvalue weighted by Crippen LogP contribution is -2.38. The number of aliphatic imine (C=N–C) groups is 1. The van der Waals surface area contributed by atoms with Crippen LogP contribution in [0.4, 0.5) is 0 Å². The van der Waals surface area contributed by atoms with Crippen molar-refractivity contribution in [3.8, 4) is 0 Å². The Hall–Kier alpha value is -0.900. The number of hydrogen-bond acceptors (Lipinski definition) is 4. The summed E-state index contributed by atoms with van der Waals surface area (Å²) in [5.41, 5.74) is 0. The van der Waals surface area contributed by atoms with Gasteiger partial charge in [-0.2, -0.15) is 0 Å². The summed E-state index contributed by atoms with van der Waals surface area (Å²) < 4.78 is 7.89. The first-order valence-electron chi connectivity index (χ1n) is 8.61. The van der Waals surface area contributed by atoms with Crippen molar-refractivity contribution in [2.75, 3.05) is 20.2 Å². The maximum Gasteiger partial charge on any atom is 0.191 e. The number of halogens is 1. The molecule has 138 valence electrons. The van der Waals surface area contributed by atoms with Gasteiger partial charge in [0, 0.05) is 27.2 Å². The quantitative estimate of drug-likeness (QED) is 0.288. The first-order valence-corrected chi connectivity index (χ1v) is 8.61. The highest BCUT2D eigenvalue weighted by Crippen LogP contribution is 2.20. The zero-order chi connectivity index (χ0) is 16.5. The number of guanidine groups is 1. The van der Waals surface area contributed by atoms with Gasteiger partial charge in [0.15, 0.2) is 11.8 Å². The SMILES string of the molecule is CN=C(NCCCOC1CCCCC1)NCc1nnc(C)n1C.I. The second-order valence-corrected chi connectivity index (χ2v) is 6.06. The summed E-state index contributed by atoms with van der Waals surface area (Å²) >= 11 is 0. The van der Waals surface area contributed by atoms with E-state index in [1.54, 1.807) is 7.05 Å². The van der Waals surface area contributed by atoms with Gasteiger partial charge >= 0.3 is 0 Å². The van der Waals surface area contributed by atoms with Crippen molar-refractivity contribution in [1.29, 1.82) is 0 Å². The third-order valence-electron chi connectivity index (χ3n) is 4.34. The molecule has 1 saturated carbocycles. The van der Waals surface area contributed by atoms with Crippen LogP contribution >= 0.6 is 24.0 Å². The lowest BCUT2D eigenvalue weighted by atomic mass is 9.98. The zero-order valence-electron chi connectivity index (χ0n) is 15.0. The smallest absolute Gasteiger partial charge is 0.191 e. The van der Waals surface area contributed by atoms with Crippen molar-refractivity contribution in [3.05, 3.63) is 11.6 Å². The lowest BCUT2D eigenvalue weighted by molar-refractivity contribution is 0.0277. The normalized spacial score (nSPS) is 15.9. The Kier molecular flexibility index (Phi) is 10.2. The van der Waals surface area contributed by atoms with E-state index in [9.17, 15) is 0 Å². The third kappa shape index (κ3) is 6.92. The molecule has 0 unspecified atom stereocenters.